The van der Waals surface area contributed by atoms with Crippen molar-refractivity contribution in [2.75, 3.05) is 53.0 Å². The van der Waals surface area contributed by atoms with Crippen LogP contribution in [0.2, 0.25) is 0 Å². The fourth-order valence-corrected chi connectivity index (χ4v) is 5.29. The molecule has 2 saturated heterocycles. The SMILES string of the molecule is CN=C(NCC1CCCOC1C(C)(C)C)NCC(c1cccs1)N1CCOCC1.I. The molecular weight excluding hydrogens is 511 g/mol. The number of nitrogens with zero attached hydrogens (tertiary/aromatic N) is 2. The lowest BCUT2D eigenvalue weighted by Gasteiger charge is -2.40. The Morgan fingerprint density at radius 1 is 1.27 bits per heavy atom. The van der Waals surface area contributed by atoms with Gasteiger partial charge in [-0.15, -0.1) is 35.3 Å². The van der Waals surface area contributed by atoms with E-state index in [0.717, 1.165) is 58.4 Å². The van der Waals surface area contributed by atoms with E-state index >= 15 is 0 Å². The second-order valence-electron chi connectivity index (χ2n) is 9.07. The fraction of sp³-hybridized carbons (Fsp3) is 0.773. The van der Waals surface area contributed by atoms with E-state index in [0.29, 0.717) is 12.0 Å². The molecule has 1 aromatic rings. The minimum absolute atomic E-state index is 0. The zero-order valence-electron chi connectivity index (χ0n) is 18.9. The number of hydrogen-bond donors (Lipinski definition) is 2. The number of nitrogens with one attached hydrogen (secondary N) is 2. The van der Waals surface area contributed by atoms with Crippen LogP contribution in [0.25, 0.3) is 0 Å². The van der Waals surface area contributed by atoms with Crippen LogP contribution in [-0.4, -0.2) is 70.0 Å². The molecule has 0 aromatic carbocycles. The van der Waals surface area contributed by atoms with Crippen molar-refractivity contribution >= 4 is 41.3 Å². The molecule has 0 radical (unpaired) electrons. The summed E-state index contributed by atoms with van der Waals surface area (Å²) in [6, 6.07) is 4.71. The Labute approximate surface area is 203 Å². The lowest BCUT2D eigenvalue weighted by molar-refractivity contribution is -0.0835. The second-order valence-corrected chi connectivity index (χ2v) is 10.1. The molecule has 0 saturated carbocycles. The largest absolute Gasteiger partial charge is 0.379 e. The Hall–Kier alpha value is -0.420. The van der Waals surface area contributed by atoms with Crippen LogP contribution in [0.15, 0.2) is 22.5 Å². The Morgan fingerprint density at radius 2 is 2.03 bits per heavy atom. The normalized spacial score (nSPS) is 24.7. The number of morpholine rings is 1. The van der Waals surface area contributed by atoms with Crippen molar-refractivity contribution in [1.29, 1.82) is 0 Å². The van der Waals surface area contributed by atoms with Crippen LogP contribution in [0, 0.1) is 11.3 Å². The highest BCUT2D eigenvalue weighted by atomic mass is 127. The third kappa shape index (κ3) is 7.32. The van der Waals surface area contributed by atoms with Crippen molar-refractivity contribution in [2.24, 2.45) is 16.3 Å². The summed E-state index contributed by atoms with van der Waals surface area (Å²) in [6.07, 6.45) is 2.63. The number of rotatable bonds is 6. The molecule has 6 nitrogen and oxygen atoms in total. The summed E-state index contributed by atoms with van der Waals surface area (Å²) in [6.45, 7) is 13.0. The lowest BCUT2D eigenvalue weighted by atomic mass is 9.78. The summed E-state index contributed by atoms with van der Waals surface area (Å²) in [7, 11) is 1.85. The first-order valence-corrected chi connectivity index (χ1v) is 11.8. The first kappa shape index (κ1) is 25.8. The molecule has 1 aromatic heterocycles. The van der Waals surface area contributed by atoms with Crippen molar-refractivity contribution in [3.8, 4) is 0 Å². The zero-order chi connectivity index (χ0) is 20.7. The molecule has 30 heavy (non-hydrogen) atoms. The molecule has 2 aliphatic heterocycles. The molecule has 8 heteroatoms. The third-order valence-electron chi connectivity index (χ3n) is 5.87. The average molecular weight is 551 g/mol. The quantitative estimate of drug-likeness (QED) is 0.321. The molecule has 0 aliphatic carbocycles. The molecule has 3 unspecified atom stereocenters. The van der Waals surface area contributed by atoms with Gasteiger partial charge in [0.2, 0.25) is 0 Å². The maximum Gasteiger partial charge on any atom is 0.191 e. The first-order valence-electron chi connectivity index (χ1n) is 10.9. The van der Waals surface area contributed by atoms with Gasteiger partial charge >= 0.3 is 0 Å². The topological polar surface area (TPSA) is 58.1 Å². The van der Waals surface area contributed by atoms with Crippen LogP contribution >= 0.6 is 35.3 Å². The van der Waals surface area contributed by atoms with Gasteiger partial charge in [0, 0.05) is 50.6 Å². The highest BCUT2D eigenvalue weighted by Gasteiger charge is 2.35. The van der Waals surface area contributed by atoms with E-state index in [1.54, 1.807) is 0 Å². The molecule has 2 N–H and O–H groups in total. The van der Waals surface area contributed by atoms with Crippen LogP contribution in [0.4, 0.5) is 0 Å². The van der Waals surface area contributed by atoms with Gasteiger partial charge in [-0.25, -0.2) is 0 Å². The Balaban J connectivity index is 0.00000320. The zero-order valence-corrected chi connectivity index (χ0v) is 22.0. The number of hydrogen-bond acceptors (Lipinski definition) is 5. The number of guanidine groups is 1. The lowest BCUT2D eigenvalue weighted by Crippen LogP contribution is -2.49. The van der Waals surface area contributed by atoms with Gasteiger partial charge in [-0.2, -0.15) is 0 Å². The van der Waals surface area contributed by atoms with Gasteiger partial charge in [0.15, 0.2) is 5.96 Å². The number of ether oxygens (including phenoxy) is 2. The van der Waals surface area contributed by atoms with Crippen molar-refractivity contribution in [2.45, 2.75) is 45.8 Å². The van der Waals surface area contributed by atoms with Gasteiger partial charge in [-0.1, -0.05) is 26.8 Å². The summed E-state index contributed by atoms with van der Waals surface area (Å²) < 4.78 is 11.7. The minimum atomic E-state index is 0. The molecule has 0 amide bonds. The van der Waals surface area contributed by atoms with E-state index in [1.165, 1.54) is 11.3 Å². The van der Waals surface area contributed by atoms with Crippen LogP contribution < -0.4 is 10.6 Å². The highest BCUT2D eigenvalue weighted by Crippen LogP contribution is 2.33. The molecule has 3 rings (SSSR count). The number of thiophene rings is 1. The van der Waals surface area contributed by atoms with Gasteiger partial charge < -0.3 is 20.1 Å². The highest BCUT2D eigenvalue weighted by molar-refractivity contribution is 14.0. The smallest absolute Gasteiger partial charge is 0.191 e. The van der Waals surface area contributed by atoms with E-state index in [-0.39, 0.29) is 35.5 Å². The maximum absolute atomic E-state index is 6.13. The Kier molecular flexibility index (Phi) is 10.8. The average Bonchev–Trinajstić information content (AvgIpc) is 3.25. The van der Waals surface area contributed by atoms with Crippen LogP contribution in [-0.2, 0) is 9.47 Å². The van der Waals surface area contributed by atoms with Crippen molar-refractivity contribution in [3.05, 3.63) is 22.4 Å². The molecule has 0 spiro atoms. The molecule has 3 heterocycles. The summed E-state index contributed by atoms with van der Waals surface area (Å²) in [5, 5.41) is 9.29. The van der Waals surface area contributed by atoms with E-state index in [9.17, 15) is 0 Å². The molecule has 2 fully saturated rings. The Bertz CT molecular complexity index is 630. The van der Waals surface area contributed by atoms with Crippen LogP contribution in [0.1, 0.15) is 44.5 Å². The maximum atomic E-state index is 6.13. The van der Waals surface area contributed by atoms with E-state index in [4.69, 9.17) is 9.47 Å². The van der Waals surface area contributed by atoms with Gasteiger partial charge in [-0.05, 0) is 29.7 Å². The second kappa shape index (κ2) is 12.6. The van der Waals surface area contributed by atoms with Crippen molar-refractivity contribution in [1.82, 2.24) is 15.5 Å². The number of aliphatic imine (C=N–C) groups is 1. The third-order valence-corrected chi connectivity index (χ3v) is 6.85. The molecule has 0 bridgehead atoms. The van der Waals surface area contributed by atoms with E-state index < -0.39 is 0 Å². The van der Waals surface area contributed by atoms with Gasteiger partial charge in [0.05, 0.1) is 25.4 Å². The summed E-state index contributed by atoms with van der Waals surface area (Å²) in [5.41, 5.74) is 0.157. The summed E-state index contributed by atoms with van der Waals surface area (Å²) >= 11 is 1.82. The predicted molar refractivity (Wildman–Crippen MR) is 136 cm³/mol. The monoisotopic (exact) mass is 550 g/mol. The standard InChI is InChI=1S/C22H38N4O2S.HI/c1-22(2,3)20-17(7-5-11-28-20)15-24-21(23-4)25-16-18(19-8-6-14-29-19)26-9-12-27-13-10-26;/h6,8,14,17-18,20H,5,7,9-13,15-16H2,1-4H3,(H2,23,24,25);1H. The van der Waals surface area contributed by atoms with Crippen molar-refractivity contribution in [3.63, 3.8) is 0 Å². The van der Waals surface area contributed by atoms with Gasteiger partial charge in [0.25, 0.3) is 0 Å². The van der Waals surface area contributed by atoms with E-state index in [1.807, 2.05) is 18.4 Å². The minimum Gasteiger partial charge on any atom is -0.379 e. The molecule has 3 atom stereocenters. The first-order chi connectivity index (χ1) is 14.0. The predicted octanol–water partition coefficient (Wildman–Crippen LogP) is 3.75. The number of halogens is 1. The summed E-state index contributed by atoms with van der Waals surface area (Å²) in [5.74, 6) is 1.38. The fourth-order valence-electron chi connectivity index (χ4n) is 4.43. The van der Waals surface area contributed by atoms with Gasteiger partial charge in [-0.3, -0.25) is 9.89 Å². The Morgan fingerprint density at radius 3 is 2.67 bits per heavy atom. The molecular formula is C22H39IN4O2S. The molecule has 172 valence electrons. The molecule has 2 aliphatic rings. The van der Waals surface area contributed by atoms with Crippen LogP contribution in [0.5, 0.6) is 0 Å². The van der Waals surface area contributed by atoms with Gasteiger partial charge in [0.1, 0.15) is 0 Å². The summed E-state index contributed by atoms with van der Waals surface area (Å²) in [4.78, 5) is 8.38. The van der Waals surface area contributed by atoms with E-state index in [2.05, 4.69) is 58.8 Å². The van der Waals surface area contributed by atoms with Crippen LogP contribution in [0.3, 0.4) is 0 Å². The van der Waals surface area contributed by atoms with Crippen molar-refractivity contribution < 1.29 is 9.47 Å².